The number of nitrogens with zero attached hydrogens (tertiary/aromatic N) is 2. The van der Waals surface area contributed by atoms with Crippen LogP contribution in [0.2, 0.25) is 0 Å². The van der Waals surface area contributed by atoms with E-state index in [1.54, 1.807) is 7.11 Å². The number of halogens is 1. The van der Waals surface area contributed by atoms with Crippen molar-refractivity contribution in [2.45, 2.75) is 13.0 Å². The molecule has 1 heterocycles. The average molecular weight is 327 g/mol. The number of rotatable bonds is 6. The van der Waals surface area contributed by atoms with Gasteiger partial charge in [-0.2, -0.15) is 0 Å². The van der Waals surface area contributed by atoms with Gasteiger partial charge in [-0.1, -0.05) is 12.1 Å². The summed E-state index contributed by atoms with van der Waals surface area (Å²) >= 11 is 5.86. The van der Waals surface area contributed by atoms with E-state index < -0.39 is 0 Å². The van der Waals surface area contributed by atoms with Crippen LogP contribution in [0.5, 0.6) is 5.75 Å². The molecule has 0 spiro atoms. The van der Waals surface area contributed by atoms with Crippen LogP contribution in [0.4, 0.5) is 5.69 Å². The van der Waals surface area contributed by atoms with Crippen molar-refractivity contribution < 1.29 is 14.3 Å². The van der Waals surface area contributed by atoms with Crippen LogP contribution in [0.3, 0.4) is 0 Å². The molecule has 1 aromatic rings. The molecule has 0 radical (unpaired) electrons. The van der Waals surface area contributed by atoms with Gasteiger partial charge in [0.25, 0.3) is 0 Å². The Hall–Kier alpha value is -1.46. The molecule has 1 aliphatic rings. The summed E-state index contributed by atoms with van der Waals surface area (Å²) in [5.74, 6) is 0.944. The lowest BCUT2D eigenvalue weighted by atomic mass is 10.2. The number of benzene rings is 1. The van der Waals surface area contributed by atoms with Crippen molar-refractivity contribution in [3.63, 3.8) is 0 Å². The number of anilines is 1. The number of esters is 1. The summed E-state index contributed by atoms with van der Waals surface area (Å²) < 4.78 is 10.6. The maximum atomic E-state index is 11.0. The number of hydrogen-bond acceptors (Lipinski definition) is 5. The van der Waals surface area contributed by atoms with Crippen molar-refractivity contribution in [3.05, 3.63) is 24.3 Å². The fraction of sp³-hybridized carbons (Fsp3) is 0.562. The molecule has 0 saturated carbocycles. The topological polar surface area (TPSA) is 42.0 Å². The van der Waals surface area contributed by atoms with Gasteiger partial charge in [-0.3, -0.25) is 9.69 Å². The molecule has 6 heteroatoms. The van der Waals surface area contributed by atoms with Crippen LogP contribution in [0.15, 0.2) is 24.3 Å². The zero-order valence-electron chi connectivity index (χ0n) is 13.1. The van der Waals surface area contributed by atoms with Gasteiger partial charge in [0.2, 0.25) is 0 Å². The summed E-state index contributed by atoms with van der Waals surface area (Å²) in [5, 5.41) is 0. The summed E-state index contributed by atoms with van der Waals surface area (Å²) in [6.45, 7) is 5.74. The molecule has 1 atom stereocenters. The van der Waals surface area contributed by atoms with E-state index in [4.69, 9.17) is 21.1 Å². The molecule has 0 bridgehead atoms. The normalized spacial score (nSPS) is 17.1. The Kier molecular flexibility index (Phi) is 6.34. The number of piperazine rings is 1. The van der Waals surface area contributed by atoms with Gasteiger partial charge in [0.1, 0.15) is 11.9 Å². The molecule has 0 amide bonds. The van der Waals surface area contributed by atoms with Gasteiger partial charge in [0.15, 0.2) is 0 Å². The lowest BCUT2D eigenvalue weighted by Crippen LogP contribution is -2.49. The largest absolute Gasteiger partial charge is 0.495 e. The maximum Gasteiger partial charge on any atom is 0.302 e. The Morgan fingerprint density at radius 3 is 2.55 bits per heavy atom. The van der Waals surface area contributed by atoms with E-state index in [-0.39, 0.29) is 12.1 Å². The van der Waals surface area contributed by atoms with Gasteiger partial charge in [-0.05, 0) is 12.1 Å². The first kappa shape index (κ1) is 16.9. The number of carbonyl (C=O) groups excluding carboxylic acids is 1. The quantitative estimate of drug-likeness (QED) is 0.591. The highest BCUT2D eigenvalue weighted by atomic mass is 35.5. The first-order chi connectivity index (χ1) is 10.6. The standard InChI is InChI=1S/C16H23ClN2O3/c1-13(20)22-14(11-17)12-18-7-9-19(10-8-18)15-5-3-4-6-16(15)21-2/h3-6,14H,7-12H2,1-2H3/t14-/m0/s1. The third-order valence-electron chi connectivity index (χ3n) is 3.76. The molecule has 5 nitrogen and oxygen atoms in total. The number of carbonyl (C=O) groups is 1. The van der Waals surface area contributed by atoms with E-state index in [0.29, 0.717) is 12.4 Å². The third kappa shape index (κ3) is 4.52. The van der Waals surface area contributed by atoms with E-state index >= 15 is 0 Å². The van der Waals surface area contributed by atoms with Crippen LogP contribution in [0, 0.1) is 0 Å². The Morgan fingerprint density at radius 2 is 1.95 bits per heavy atom. The second-order valence-electron chi connectivity index (χ2n) is 5.35. The molecule has 0 unspecified atom stereocenters. The summed E-state index contributed by atoms with van der Waals surface area (Å²) in [5.41, 5.74) is 1.12. The van der Waals surface area contributed by atoms with Crippen LogP contribution in [-0.4, -0.2) is 62.7 Å². The number of para-hydroxylation sites is 2. The molecule has 0 aliphatic carbocycles. The number of ether oxygens (including phenoxy) is 2. The van der Waals surface area contributed by atoms with Gasteiger partial charge in [-0.15, -0.1) is 11.6 Å². The Morgan fingerprint density at radius 1 is 1.27 bits per heavy atom. The van der Waals surface area contributed by atoms with Crippen LogP contribution < -0.4 is 9.64 Å². The molecular formula is C16H23ClN2O3. The van der Waals surface area contributed by atoms with Gasteiger partial charge in [0.05, 0.1) is 18.7 Å². The minimum Gasteiger partial charge on any atom is -0.495 e. The highest BCUT2D eigenvalue weighted by molar-refractivity contribution is 6.18. The van der Waals surface area contributed by atoms with Gasteiger partial charge >= 0.3 is 5.97 Å². The van der Waals surface area contributed by atoms with Crippen molar-refractivity contribution in [1.82, 2.24) is 4.90 Å². The lowest BCUT2D eigenvalue weighted by molar-refractivity contribution is -0.146. The first-order valence-electron chi connectivity index (χ1n) is 7.47. The Labute approximate surface area is 136 Å². The van der Waals surface area contributed by atoms with E-state index in [2.05, 4.69) is 15.9 Å². The number of alkyl halides is 1. The Bertz CT molecular complexity index is 490. The van der Waals surface area contributed by atoms with Crippen LogP contribution in [-0.2, 0) is 9.53 Å². The van der Waals surface area contributed by atoms with E-state index in [1.165, 1.54) is 6.92 Å². The predicted octanol–water partition coefficient (Wildman–Crippen LogP) is 1.99. The lowest BCUT2D eigenvalue weighted by Gasteiger charge is -2.37. The van der Waals surface area contributed by atoms with Gasteiger partial charge in [0, 0.05) is 39.6 Å². The van der Waals surface area contributed by atoms with Crippen LogP contribution >= 0.6 is 11.6 Å². The fourth-order valence-electron chi connectivity index (χ4n) is 2.70. The van der Waals surface area contributed by atoms with Crippen molar-refractivity contribution >= 4 is 23.3 Å². The second kappa shape index (κ2) is 8.25. The van der Waals surface area contributed by atoms with Crippen LogP contribution in [0.1, 0.15) is 6.92 Å². The fourth-order valence-corrected chi connectivity index (χ4v) is 2.86. The summed E-state index contributed by atoms with van der Waals surface area (Å²) in [6, 6.07) is 8.05. The summed E-state index contributed by atoms with van der Waals surface area (Å²) in [4.78, 5) is 15.6. The molecule has 1 aromatic carbocycles. The van der Waals surface area contributed by atoms with Gasteiger partial charge < -0.3 is 14.4 Å². The van der Waals surface area contributed by atoms with Crippen molar-refractivity contribution in [3.8, 4) is 5.75 Å². The van der Waals surface area contributed by atoms with E-state index in [0.717, 1.165) is 37.6 Å². The molecule has 122 valence electrons. The van der Waals surface area contributed by atoms with Crippen molar-refractivity contribution in [2.24, 2.45) is 0 Å². The molecule has 1 saturated heterocycles. The smallest absolute Gasteiger partial charge is 0.302 e. The van der Waals surface area contributed by atoms with Gasteiger partial charge in [-0.25, -0.2) is 0 Å². The van der Waals surface area contributed by atoms with Crippen molar-refractivity contribution in [2.75, 3.05) is 50.6 Å². The molecule has 22 heavy (non-hydrogen) atoms. The molecule has 2 rings (SSSR count). The predicted molar refractivity (Wildman–Crippen MR) is 87.9 cm³/mol. The molecular weight excluding hydrogens is 304 g/mol. The van der Waals surface area contributed by atoms with Crippen LogP contribution in [0.25, 0.3) is 0 Å². The first-order valence-corrected chi connectivity index (χ1v) is 8.01. The monoisotopic (exact) mass is 326 g/mol. The molecule has 1 fully saturated rings. The SMILES string of the molecule is COc1ccccc1N1CCN(C[C@H](CCl)OC(C)=O)CC1. The number of hydrogen-bond donors (Lipinski definition) is 0. The maximum absolute atomic E-state index is 11.0. The average Bonchev–Trinajstić information content (AvgIpc) is 2.54. The number of methoxy groups -OCH3 is 1. The summed E-state index contributed by atoms with van der Waals surface area (Å²) in [6.07, 6.45) is -0.239. The second-order valence-corrected chi connectivity index (χ2v) is 5.65. The molecule has 1 aliphatic heterocycles. The van der Waals surface area contributed by atoms with E-state index in [9.17, 15) is 4.79 Å². The van der Waals surface area contributed by atoms with E-state index in [1.807, 2.05) is 18.2 Å². The Balaban J connectivity index is 1.88. The highest BCUT2D eigenvalue weighted by Crippen LogP contribution is 2.28. The minimum absolute atomic E-state index is 0.239. The van der Waals surface area contributed by atoms with Crippen molar-refractivity contribution in [1.29, 1.82) is 0 Å². The minimum atomic E-state index is -0.279. The third-order valence-corrected chi connectivity index (χ3v) is 4.11. The molecule has 0 N–H and O–H groups in total. The summed E-state index contributed by atoms with van der Waals surface area (Å²) in [7, 11) is 1.69. The zero-order chi connectivity index (χ0) is 15.9. The molecule has 0 aromatic heterocycles. The highest BCUT2D eigenvalue weighted by Gasteiger charge is 2.22. The zero-order valence-corrected chi connectivity index (χ0v) is 13.9.